The SMILES string of the molecule is [CH2-]CCCCCCC.[CH2-]CCCCCCCCC.[CH2-]CCCCCCCCCCCC.[Ir+3]. The molecule has 0 aliphatic rings. The van der Waals surface area contributed by atoms with Crippen LogP contribution in [0, 0.1) is 20.8 Å². The van der Waals surface area contributed by atoms with Crippen LogP contribution in [-0.2, 0) is 20.1 Å². The first-order chi connectivity index (χ1) is 15.2. The van der Waals surface area contributed by atoms with E-state index in [0.717, 1.165) is 19.3 Å². The molecule has 0 spiro atoms. The summed E-state index contributed by atoms with van der Waals surface area (Å²) in [6.45, 7) is 18.2. The quantitative estimate of drug-likeness (QED) is 0.0825. The standard InChI is InChI=1S/C13H27.C10H21.C8H17.Ir/c1-3-5-7-9-11-13-12-10-8-6-4-2;1-3-5-7-9-10-8-6-4-2;1-3-5-7-8-6-4-2;/h1,3-13H2,2H3;1,3-10H2,2H3;1,3-8H2,2H3;/q3*-1;+3. The second kappa shape index (κ2) is 45.2. The van der Waals surface area contributed by atoms with E-state index in [-0.39, 0.29) is 20.1 Å². The Morgan fingerprint density at radius 1 is 0.281 bits per heavy atom. The van der Waals surface area contributed by atoms with E-state index < -0.39 is 0 Å². The first kappa shape index (κ1) is 39.8. The Kier molecular flexibility index (Phi) is 56.3. The van der Waals surface area contributed by atoms with Crippen molar-refractivity contribution in [1.82, 2.24) is 0 Å². The zero-order valence-corrected chi connectivity index (χ0v) is 25.5. The summed E-state index contributed by atoms with van der Waals surface area (Å²) in [5.74, 6) is 0. The van der Waals surface area contributed by atoms with Crippen LogP contribution in [0.15, 0.2) is 0 Å². The predicted octanol–water partition coefficient (Wildman–Crippen LogP) is 12.3. The Bertz CT molecular complexity index is 215. The molecule has 0 radical (unpaired) electrons. The molecule has 0 aliphatic carbocycles. The van der Waals surface area contributed by atoms with Crippen molar-refractivity contribution >= 4 is 0 Å². The van der Waals surface area contributed by atoms with Crippen LogP contribution in [0.5, 0.6) is 0 Å². The van der Waals surface area contributed by atoms with Crippen molar-refractivity contribution in [3.8, 4) is 0 Å². The first-order valence-electron chi connectivity index (χ1n) is 14.6. The summed E-state index contributed by atoms with van der Waals surface area (Å²) in [4.78, 5) is 0. The molecule has 0 nitrogen and oxygen atoms in total. The summed E-state index contributed by atoms with van der Waals surface area (Å²) in [5, 5.41) is 0. The molecule has 0 N–H and O–H groups in total. The van der Waals surface area contributed by atoms with Gasteiger partial charge in [-0.15, -0.1) is 0 Å². The third kappa shape index (κ3) is 52.5. The van der Waals surface area contributed by atoms with Crippen molar-refractivity contribution in [2.24, 2.45) is 0 Å². The Morgan fingerprint density at radius 3 is 0.594 bits per heavy atom. The van der Waals surface area contributed by atoms with Gasteiger partial charge in [-0.1, -0.05) is 162 Å². The molecule has 0 aliphatic heterocycles. The third-order valence-electron chi connectivity index (χ3n) is 5.81. The van der Waals surface area contributed by atoms with Crippen LogP contribution in [0.2, 0.25) is 0 Å². The van der Waals surface area contributed by atoms with Gasteiger partial charge >= 0.3 is 20.1 Å². The van der Waals surface area contributed by atoms with Crippen LogP contribution in [0.1, 0.15) is 181 Å². The molecule has 0 saturated carbocycles. The van der Waals surface area contributed by atoms with Crippen LogP contribution in [0.25, 0.3) is 0 Å². The number of hydrogen-bond donors (Lipinski definition) is 0. The normalized spacial score (nSPS) is 9.94. The smallest absolute Gasteiger partial charge is 0.343 e. The van der Waals surface area contributed by atoms with E-state index >= 15 is 0 Å². The number of unbranched alkanes of at least 4 members (excludes halogenated alkanes) is 22. The largest absolute Gasteiger partial charge is 3.00 e. The van der Waals surface area contributed by atoms with Gasteiger partial charge in [0.2, 0.25) is 0 Å². The molecule has 0 aromatic rings. The fourth-order valence-electron chi connectivity index (χ4n) is 3.58. The summed E-state index contributed by atoms with van der Waals surface area (Å²) >= 11 is 0. The van der Waals surface area contributed by atoms with Crippen LogP contribution in [-0.4, -0.2) is 0 Å². The minimum absolute atomic E-state index is 0. The van der Waals surface area contributed by atoms with Crippen LogP contribution in [0.3, 0.4) is 0 Å². The van der Waals surface area contributed by atoms with E-state index in [1.54, 1.807) is 0 Å². The molecule has 198 valence electrons. The van der Waals surface area contributed by atoms with Gasteiger partial charge in [-0.05, 0) is 0 Å². The average Bonchev–Trinajstić information content (AvgIpc) is 2.79. The molecule has 0 aromatic heterocycles. The molecular formula is C31H65Ir. The fourth-order valence-corrected chi connectivity index (χ4v) is 3.58. The van der Waals surface area contributed by atoms with Gasteiger partial charge in [-0.25, -0.2) is 0 Å². The van der Waals surface area contributed by atoms with E-state index in [2.05, 4.69) is 41.5 Å². The molecule has 32 heavy (non-hydrogen) atoms. The summed E-state index contributed by atoms with van der Waals surface area (Å²) < 4.78 is 0. The molecule has 0 amide bonds. The van der Waals surface area contributed by atoms with Crippen LogP contribution < -0.4 is 0 Å². The maximum atomic E-state index is 3.85. The predicted molar refractivity (Wildman–Crippen MR) is 149 cm³/mol. The van der Waals surface area contributed by atoms with E-state index in [1.807, 2.05) is 0 Å². The van der Waals surface area contributed by atoms with E-state index in [4.69, 9.17) is 0 Å². The Hall–Kier alpha value is 0.649. The molecule has 0 saturated heterocycles. The molecular weight excluding hydrogens is 565 g/mol. The zero-order chi connectivity index (χ0) is 23.7. The molecule has 0 aromatic carbocycles. The second-order valence-corrected chi connectivity index (χ2v) is 9.28. The van der Waals surface area contributed by atoms with E-state index in [0.29, 0.717) is 0 Å². The van der Waals surface area contributed by atoms with Crippen LogP contribution in [0.4, 0.5) is 0 Å². The topological polar surface area (TPSA) is 0 Å². The van der Waals surface area contributed by atoms with Gasteiger partial charge < -0.3 is 20.8 Å². The van der Waals surface area contributed by atoms with Gasteiger partial charge in [0.1, 0.15) is 0 Å². The van der Waals surface area contributed by atoms with Gasteiger partial charge in [0.25, 0.3) is 0 Å². The average molecular weight is 630 g/mol. The summed E-state index contributed by atoms with van der Waals surface area (Å²) in [5.41, 5.74) is 0. The van der Waals surface area contributed by atoms with Crippen molar-refractivity contribution in [1.29, 1.82) is 0 Å². The Labute approximate surface area is 221 Å². The van der Waals surface area contributed by atoms with Crippen molar-refractivity contribution in [2.45, 2.75) is 181 Å². The molecule has 0 heterocycles. The molecule has 1 heteroatoms. The Balaban J connectivity index is -0.000000187. The molecule has 0 fully saturated rings. The summed E-state index contributed by atoms with van der Waals surface area (Å²) in [6, 6.07) is 0. The van der Waals surface area contributed by atoms with Gasteiger partial charge in [-0.2, -0.15) is 19.3 Å². The molecule has 0 bridgehead atoms. The van der Waals surface area contributed by atoms with Crippen molar-refractivity contribution < 1.29 is 20.1 Å². The van der Waals surface area contributed by atoms with E-state index in [9.17, 15) is 0 Å². The fraction of sp³-hybridized carbons (Fsp3) is 0.903. The zero-order valence-electron chi connectivity index (χ0n) is 23.1. The minimum Gasteiger partial charge on any atom is -0.343 e. The number of rotatable bonds is 22. The van der Waals surface area contributed by atoms with Crippen LogP contribution >= 0.6 is 0 Å². The first-order valence-corrected chi connectivity index (χ1v) is 14.6. The maximum absolute atomic E-state index is 3.85. The Morgan fingerprint density at radius 2 is 0.438 bits per heavy atom. The van der Waals surface area contributed by atoms with Crippen molar-refractivity contribution in [2.75, 3.05) is 0 Å². The minimum atomic E-state index is 0. The van der Waals surface area contributed by atoms with Crippen molar-refractivity contribution in [3.05, 3.63) is 20.8 Å². The maximum Gasteiger partial charge on any atom is 3.00 e. The summed E-state index contributed by atoms with van der Waals surface area (Å²) in [6.07, 6.45) is 34.3. The summed E-state index contributed by atoms with van der Waals surface area (Å²) in [7, 11) is 0. The van der Waals surface area contributed by atoms with Gasteiger partial charge in [0, 0.05) is 0 Å². The molecule has 0 rings (SSSR count). The van der Waals surface area contributed by atoms with E-state index in [1.165, 1.54) is 141 Å². The third-order valence-corrected chi connectivity index (χ3v) is 5.81. The van der Waals surface area contributed by atoms with Gasteiger partial charge in [-0.3, -0.25) is 0 Å². The van der Waals surface area contributed by atoms with Gasteiger partial charge in [0.15, 0.2) is 0 Å². The number of hydrogen-bond acceptors (Lipinski definition) is 0. The van der Waals surface area contributed by atoms with Gasteiger partial charge in [0.05, 0.1) is 0 Å². The van der Waals surface area contributed by atoms with Crippen molar-refractivity contribution in [3.63, 3.8) is 0 Å². The molecule has 0 unspecified atom stereocenters. The molecule has 0 atom stereocenters. The second-order valence-electron chi connectivity index (χ2n) is 9.28. The monoisotopic (exact) mass is 630 g/mol.